The van der Waals surface area contributed by atoms with Crippen molar-refractivity contribution in [3.05, 3.63) is 76.8 Å². The Hall–Kier alpha value is -3.02. The van der Waals surface area contributed by atoms with Gasteiger partial charge in [-0.25, -0.2) is 0 Å². The summed E-state index contributed by atoms with van der Waals surface area (Å²) in [5.41, 5.74) is 11.2. The maximum atomic E-state index is 12.3. The molecule has 0 aliphatic carbocycles. The van der Waals surface area contributed by atoms with E-state index in [0.29, 0.717) is 34.9 Å². The van der Waals surface area contributed by atoms with Gasteiger partial charge in [-0.15, -0.1) is 0 Å². The van der Waals surface area contributed by atoms with Crippen LogP contribution in [0.3, 0.4) is 0 Å². The lowest BCUT2D eigenvalue weighted by Gasteiger charge is -2.12. The topological polar surface area (TPSA) is 84.6 Å². The lowest BCUT2D eigenvalue weighted by molar-refractivity contribution is -0.116. The highest BCUT2D eigenvalue weighted by Crippen LogP contribution is 2.31. The summed E-state index contributed by atoms with van der Waals surface area (Å²) in [5.74, 6) is 0.343. The summed E-state index contributed by atoms with van der Waals surface area (Å²) in [4.78, 5) is 12.3. The van der Waals surface area contributed by atoms with Gasteiger partial charge in [-0.3, -0.25) is 4.79 Å². The van der Waals surface area contributed by atoms with Crippen molar-refractivity contribution in [2.45, 2.75) is 25.9 Å². The summed E-state index contributed by atoms with van der Waals surface area (Å²) >= 11 is 6.20. The Labute approximate surface area is 181 Å². The monoisotopic (exact) mass is 424 g/mol. The lowest BCUT2D eigenvalue weighted by atomic mass is 9.99. The molecule has 0 saturated carbocycles. The summed E-state index contributed by atoms with van der Waals surface area (Å²) in [6.45, 7) is -0.191. The van der Waals surface area contributed by atoms with Crippen molar-refractivity contribution in [3.63, 3.8) is 0 Å². The molecule has 0 saturated heterocycles. The predicted molar refractivity (Wildman–Crippen MR) is 122 cm³/mol. The maximum Gasteiger partial charge on any atom is 0.224 e. The molecule has 0 unspecified atom stereocenters. The molecular weight excluding hydrogens is 400 g/mol. The number of nitrogens with two attached hydrogens (primary N) is 1. The Balaban J connectivity index is 1.57. The number of ether oxygens (including phenoxy) is 1. The Bertz CT molecular complexity index is 1020. The van der Waals surface area contributed by atoms with E-state index in [2.05, 4.69) is 5.32 Å². The molecule has 0 spiro atoms. The Morgan fingerprint density at radius 3 is 2.57 bits per heavy atom. The van der Waals surface area contributed by atoms with E-state index >= 15 is 0 Å². The third-order valence-electron chi connectivity index (χ3n) is 4.88. The van der Waals surface area contributed by atoms with E-state index in [4.69, 9.17) is 22.1 Å². The summed E-state index contributed by atoms with van der Waals surface area (Å²) in [6, 6.07) is 19.3. The van der Waals surface area contributed by atoms with E-state index in [-0.39, 0.29) is 12.5 Å². The predicted octanol–water partition coefficient (Wildman–Crippen LogP) is 5.05. The van der Waals surface area contributed by atoms with Crippen molar-refractivity contribution < 1.29 is 14.6 Å². The van der Waals surface area contributed by atoms with E-state index in [0.717, 1.165) is 28.8 Å². The number of aryl methyl sites for hydroxylation is 1. The van der Waals surface area contributed by atoms with Crippen LogP contribution in [0.1, 0.15) is 24.0 Å². The summed E-state index contributed by atoms with van der Waals surface area (Å²) in [5, 5.41) is 12.5. The van der Waals surface area contributed by atoms with Crippen LogP contribution in [0.25, 0.3) is 11.1 Å². The number of rotatable bonds is 8. The molecule has 4 N–H and O–H groups in total. The summed E-state index contributed by atoms with van der Waals surface area (Å²) in [6.07, 6.45) is 1.77. The van der Waals surface area contributed by atoms with Gasteiger partial charge in [-0.1, -0.05) is 54.1 Å². The zero-order valence-electron chi connectivity index (χ0n) is 16.8. The molecule has 1 amide bonds. The van der Waals surface area contributed by atoms with Gasteiger partial charge >= 0.3 is 0 Å². The van der Waals surface area contributed by atoms with Crippen LogP contribution >= 0.6 is 11.6 Å². The molecule has 0 aliphatic heterocycles. The van der Waals surface area contributed by atoms with Crippen LogP contribution in [-0.2, 0) is 17.8 Å². The maximum absolute atomic E-state index is 12.3. The quantitative estimate of drug-likeness (QED) is 0.441. The van der Waals surface area contributed by atoms with Crippen LogP contribution in [0.15, 0.2) is 60.7 Å². The van der Waals surface area contributed by atoms with Gasteiger partial charge in [0.2, 0.25) is 5.91 Å². The minimum Gasteiger partial charge on any atom is -0.496 e. The number of aliphatic hydroxyl groups excluding tert-OH is 1. The van der Waals surface area contributed by atoms with Crippen molar-refractivity contribution in [3.8, 4) is 16.9 Å². The SMILES string of the molecule is COc1cc(NC(=O)CCCc2ccc(-c3ccccc3)c(N)c2)c(Cl)cc1CO. The van der Waals surface area contributed by atoms with E-state index in [9.17, 15) is 9.90 Å². The first kappa shape index (κ1) is 21.7. The van der Waals surface area contributed by atoms with Crippen LogP contribution < -0.4 is 15.8 Å². The number of carbonyl (C=O) groups excluding carboxylic acids is 1. The molecule has 0 radical (unpaired) electrons. The first-order valence-electron chi connectivity index (χ1n) is 9.72. The molecule has 3 aromatic carbocycles. The average molecular weight is 425 g/mol. The Kier molecular flexibility index (Phi) is 7.33. The van der Waals surface area contributed by atoms with Gasteiger partial charge in [0.05, 0.1) is 24.4 Å². The number of hydrogen-bond acceptors (Lipinski definition) is 4. The third-order valence-corrected chi connectivity index (χ3v) is 5.20. The van der Waals surface area contributed by atoms with Gasteiger partial charge < -0.3 is 20.9 Å². The van der Waals surface area contributed by atoms with Gasteiger partial charge in [0, 0.05) is 29.3 Å². The molecule has 30 heavy (non-hydrogen) atoms. The number of carbonyl (C=O) groups is 1. The fourth-order valence-electron chi connectivity index (χ4n) is 3.32. The molecule has 0 atom stereocenters. The van der Waals surface area contributed by atoms with E-state index in [1.165, 1.54) is 7.11 Å². The molecule has 0 fully saturated rings. The molecule has 156 valence electrons. The second kappa shape index (κ2) is 10.1. The van der Waals surface area contributed by atoms with Gasteiger partial charge in [-0.2, -0.15) is 0 Å². The van der Waals surface area contributed by atoms with Gasteiger partial charge in [0.25, 0.3) is 0 Å². The highest BCUT2D eigenvalue weighted by atomic mass is 35.5. The smallest absolute Gasteiger partial charge is 0.224 e. The molecule has 5 nitrogen and oxygen atoms in total. The van der Waals surface area contributed by atoms with Crippen LogP contribution in [-0.4, -0.2) is 18.1 Å². The van der Waals surface area contributed by atoms with Crippen molar-refractivity contribution >= 4 is 28.9 Å². The molecule has 0 heterocycles. The molecular formula is C24H25ClN2O3. The van der Waals surface area contributed by atoms with Crippen LogP contribution in [0.2, 0.25) is 5.02 Å². The van der Waals surface area contributed by atoms with Crippen molar-refractivity contribution in [2.75, 3.05) is 18.2 Å². The van der Waals surface area contributed by atoms with Gasteiger partial charge in [0.1, 0.15) is 5.75 Å². The van der Waals surface area contributed by atoms with Crippen molar-refractivity contribution in [1.29, 1.82) is 0 Å². The fraction of sp³-hybridized carbons (Fsp3) is 0.208. The zero-order chi connectivity index (χ0) is 21.5. The van der Waals surface area contributed by atoms with Crippen LogP contribution in [0.4, 0.5) is 11.4 Å². The number of benzene rings is 3. The largest absolute Gasteiger partial charge is 0.496 e. The van der Waals surface area contributed by atoms with E-state index < -0.39 is 0 Å². The summed E-state index contributed by atoms with van der Waals surface area (Å²) in [7, 11) is 1.50. The molecule has 3 rings (SSSR count). The number of hydrogen-bond donors (Lipinski definition) is 3. The van der Waals surface area contributed by atoms with E-state index in [1.54, 1.807) is 12.1 Å². The number of nitrogens with one attached hydrogen (secondary N) is 1. The fourth-order valence-corrected chi connectivity index (χ4v) is 3.55. The number of aliphatic hydroxyl groups is 1. The zero-order valence-corrected chi connectivity index (χ0v) is 17.6. The molecule has 0 aromatic heterocycles. The average Bonchev–Trinajstić information content (AvgIpc) is 2.75. The molecule has 0 aliphatic rings. The van der Waals surface area contributed by atoms with Gasteiger partial charge in [0.15, 0.2) is 0 Å². The second-order valence-electron chi connectivity index (χ2n) is 6.99. The van der Waals surface area contributed by atoms with Gasteiger partial charge in [-0.05, 0) is 36.1 Å². The number of halogens is 1. The van der Waals surface area contributed by atoms with Crippen molar-refractivity contribution in [1.82, 2.24) is 0 Å². The third kappa shape index (κ3) is 5.32. The lowest BCUT2D eigenvalue weighted by Crippen LogP contribution is -2.12. The summed E-state index contributed by atoms with van der Waals surface area (Å²) < 4.78 is 5.22. The number of methoxy groups -OCH3 is 1. The first-order chi connectivity index (χ1) is 14.5. The molecule has 3 aromatic rings. The van der Waals surface area contributed by atoms with Crippen LogP contribution in [0.5, 0.6) is 5.75 Å². The number of nitrogen functional groups attached to an aromatic ring is 1. The van der Waals surface area contributed by atoms with Crippen LogP contribution in [0, 0.1) is 0 Å². The minimum absolute atomic E-state index is 0.135. The van der Waals surface area contributed by atoms with E-state index in [1.807, 2.05) is 48.5 Å². The highest BCUT2D eigenvalue weighted by molar-refractivity contribution is 6.33. The molecule has 0 bridgehead atoms. The number of anilines is 2. The van der Waals surface area contributed by atoms with Crippen molar-refractivity contribution in [2.24, 2.45) is 0 Å². The second-order valence-corrected chi connectivity index (χ2v) is 7.40. The Morgan fingerprint density at radius 2 is 1.90 bits per heavy atom. The number of amides is 1. The highest BCUT2D eigenvalue weighted by Gasteiger charge is 2.12. The molecule has 6 heteroatoms. The Morgan fingerprint density at radius 1 is 1.13 bits per heavy atom. The normalized spacial score (nSPS) is 10.6. The minimum atomic E-state index is -0.191. The standard InChI is InChI=1S/C24H25ClN2O3/c1-30-23-14-22(20(25)13-18(23)15-28)27-24(29)9-5-6-16-10-11-19(21(26)12-16)17-7-3-2-4-8-17/h2-4,7-8,10-14,28H,5-6,9,15,26H2,1H3,(H,27,29). The first-order valence-corrected chi connectivity index (χ1v) is 10.1.